The van der Waals surface area contributed by atoms with Crippen LogP contribution in [0, 0.1) is 0 Å². The quantitative estimate of drug-likeness (QED) is 0.328. The summed E-state index contributed by atoms with van der Waals surface area (Å²) in [6, 6.07) is 5.39. The molecule has 0 spiro atoms. The zero-order chi connectivity index (χ0) is 20.5. The molecule has 28 heavy (non-hydrogen) atoms. The second-order valence-corrected chi connectivity index (χ2v) is 7.30. The largest absolute Gasteiger partial charge is 0.489 e. The number of nitrogens with one attached hydrogen (secondary N) is 1. The molecule has 0 radical (unpaired) electrons. The molecular formula is C23H32N2O3. The summed E-state index contributed by atoms with van der Waals surface area (Å²) in [5, 5.41) is 0.796. The Balaban J connectivity index is 2.23. The van der Waals surface area contributed by atoms with Crippen LogP contribution in [0.25, 0.3) is 10.9 Å². The van der Waals surface area contributed by atoms with Crippen molar-refractivity contribution in [2.75, 3.05) is 18.9 Å². The summed E-state index contributed by atoms with van der Waals surface area (Å²) >= 11 is 0. The Kier molecular flexibility index (Phi) is 8.18. The molecule has 3 N–H and O–H groups in total. The molecule has 0 fully saturated rings. The Hall–Kier alpha value is -2.69. The second-order valence-electron chi connectivity index (χ2n) is 7.30. The molecule has 0 amide bonds. The number of fused-ring (bicyclic) bond motifs is 1. The normalized spacial score (nSPS) is 11.5. The van der Waals surface area contributed by atoms with Crippen LogP contribution >= 0.6 is 0 Å². The van der Waals surface area contributed by atoms with Gasteiger partial charge in [0.1, 0.15) is 6.61 Å². The molecule has 152 valence electrons. The lowest BCUT2D eigenvalue weighted by atomic mass is 10.1. The maximum absolute atomic E-state index is 12.6. The maximum atomic E-state index is 12.6. The van der Waals surface area contributed by atoms with Gasteiger partial charge < -0.3 is 20.2 Å². The van der Waals surface area contributed by atoms with Crippen molar-refractivity contribution in [1.82, 2.24) is 4.98 Å². The highest BCUT2D eigenvalue weighted by atomic mass is 16.5. The lowest BCUT2D eigenvalue weighted by Crippen LogP contribution is -2.14. The Morgan fingerprint density at radius 1 is 1.14 bits per heavy atom. The Labute approximate surface area is 167 Å². The van der Waals surface area contributed by atoms with Gasteiger partial charge in [-0.15, -0.1) is 0 Å². The highest BCUT2D eigenvalue weighted by molar-refractivity contribution is 5.89. The average molecular weight is 385 g/mol. The molecule has 0 bridgehead atoms. The number of aromatic nitrogens is 1. The van der Waals surface area contributed by atoms with Gasteiger partial charge in [0.05, 0.1) is 12.1 Å². The number of nitrogen functional groups attached to an aromatic ring is 1. The van der Waals surface area contributed by atoms with E-state index in [1.54, 1.807) is 12.1 Å². The summed E-state index contributed by atoms with van der Waals surface area (Å²) in [4.78, 5) is 15.4. The molecule has 0 aliphatic carbocycles. The fourth-order valence-electron chi connectivity index (χ4n) is 2.82. The zero-order valence-corrected chi connectivity index (χ0v) is 17.4. The highest BCUT2D eigenvalue weighted by Gasteiger charge is 2.15. The molecule has 1 aromatic carbocycles. The van der Waals surface area contributed by atoms with Crippen LogP contribution in [0.3, 0.4) is 0 Å². The van der Waals surface area contributed by atoms with Crippen LogP contribution in [-0.4, -0.2) is 18.2 Å². The summed E-state index contributed by atoms with van der Waals surface area (Å²) in [6.07, 6.45) is 8.14. The number of hydrogen-bond donors (Lipinski definition) is 2. The number of allylic oxidation sites excluding steroid dienone is 3. The van der Waals surface area contributed by atoms with E-state index in [0.717, 1.165) is 31.1 Å². The molecule has 0 saturated carbocycles. The minimum atomic E-state index is -0.305. The maximum Gasteiger partial charge on any atom is 0.294 e. The standard InChI is InChI=1S/C23H32N2O3/c1-5-6-13-27-21-19-11-10-18(24)15-20(19)25-23(26)22(21)28-14-12-17(4)9-7-8-16(2)3/h8,10-12,15H,5-7,9,13-14,24H2,1-4H3,(H,25,26). The van der Waals surface area contributed by atoms with Gasteiger partial charge in [-0.2, -0.15) is 0 Å². The number of pyridine rings is 1. The van der Waals surface area contributed by atoms with Gasteiger partial charge in [0.2, 0.25) is 5.75 Å². The van der Waals surface area contributed by atoms with Gasteiger partial charge >= 0.3 is 0 Å². The van der Waals surface area contributed by atoms with E-state index in [4.69, 9.17) is 15.2 Å². The number of aromatic amines is 1. The van der Waals surface area contributed by atoms with E-state index < -0.39 is 0 Å². The van der Waals surface area contributed by atoms with Crippen molar-refractivity contribution in [1.29, 1.82) is 0 Å². The van der Waals surface area contributed by atoms with Gasteiger partial charge in [0.25, 0.3) is 5.56 Å². The van der Waals surface area contributed by atoms with Crippen molar-refractivity contribution in [2.24, 2.45) is 0 Å². The first kappa shape index (κ1) is 21.6. The molecular weight excluding hydrogens is 352 g/mol. The van der Waals surface area contributed by atoms with Crippen LogP contribution in [0.4, 0.5) is 5.69 Å². The SMILES string of the molecule is CCCCOc1c(OCC=C(C)CCC=C(C)C)c(=O)[nH]c2cc(N)ccc12. The van der Waals surface area contributed by atoms with Gasteiger partial charge in [-0.25, -0.2) is 0 Å². The third kappa shape index (κ3) is 6.19. The summed E-state index contributed by atoms with van der Waals surface area (Å²) < 4.78 is 11.8. The van der Waals surface area contributed by atoms with E-state index >= 15 is 0 Å². The number of unbranched alkanes of at least 4 members (excludes halogenated alkanes) is 1. The predicted molar refractivity (Wildman–Crippen MR) is 117 cm³/mol. The topological polar surface area (TPSA) is 77.3 Å². The minimum absolute atomic E-state index is 0.224. The van der Waals surface area contributed by atoms with E-state index in [0.29, 0.717) is 30.2 Å². The van der Waals surface area contributed by atoms with Crippen molar-refractivity contribution >= 4 is 16.6 Å². The van der Waals surface area contributed by atoms with Crippen molar-refractivity contribution < 1.29 is 9.47 Å². The summed E-state index contributed by atoms with van der Waals surface area (Å²) in [5.41, 5.74) is 9.34. The summed E-state index contributed by atoms with van der Waals surface area (Å²) in [7, 11) is 0. The van der Waals surface area contributed by atoms with Gasteiger partial charge in [0.15, 0.2) is 5.75 Å². The van der Waals surface area contributed by atoms with Gasteiger partial charge in [0, 0.05) is 11.1 Å². The highest BCUT2D eigenvalue weighted by Crippen LogP contribution is 2.32. The van der Waals surface area contributed by atoms with Crippen LogP contribution in [-0.2, 0) is 0 Å². The number of hydrogen-bond acceptors (Lipinski definition) is 4. The van der Waals surface area contributed by atoms with Crippen LogP contribution < -0.4 is 20.8 Å². The zero-order valence-electron chi connectivity index (χ0n) is 17.4. The van der Waals surface area contributed by atoms with Gasteiger partial charge in [-0.1, -0.05) is 30.6 Å². The van der Waals surface area contributed by atoms with E-state index in [1.807, 2.05) is 12.1 Å². The summed E-state index contributed by atoms with van der Waals surface area (Å²) in [6.45, 7) is 9.24. The Morgan fingerprint density at radius 2 is 1.93 bits per heavy atom. The fourth-order valence-corrected chi connectivity index (χ4v) is 2.82. The van der Waals surface area contributed by atoms with Crippen molar-refractivity contribution in [3.8, 4) is 11.5 Å². The first-order valence-electron chi connectivity index (χ1n) is 9.92. The molecule has 2 rings (SSSR count). The average Bonchev–Trinajstić information content (AvgIpc) is 2.63. The molecule has 0 aliphatic rings. The van der Waals surface area contributed by atoms with Crippen LogP contribution in [0.5, 0.6) is 11.5 Å². The molecule has 5 heteroatoms. The molecule has 0 unspecified atom stereocenters. The molecule has 0 saturated heterocycles. The lowest BCUT2D eigenvalue weighted by molar-refractivity contribution is 0.279. The van der Waals surface area contributed by atoms with Crippen molar-refractivity contribution in [2.45, 2.75) is 53.4 Å². The molecule has 1 aromatic heterocycles. The van der Waals surface area contributed by atoms with Crippen molar-refractivity contribution in [3.63, 3.8) is 0 Å². The van der Waals surface area contributed by atoms with E-state index in [1.165, 1.54) is 11.1 Å². The van der Waals surface area contributed by atoms with Crippen LogP contribution in [0.15, 0.2) is 46.3 Å². The summed E-state index contributed by atoms with van der Waals surface area (Å²) in [5.74, 6) is 0.713. The van der Waals surface area contributed by atoms with Gasteiger partial charge in [-0.3, -0.25) is 4.79 Å². The van der Waals surface area contributed by atoms with E-state index in [9.17, 15) is 4.79 Å². The number of ether oxygens (including phenoxy) is 2. The number of nitrogens with two attached hydrogens (primary N) is 1. The smallest absolute Gasteiger partial charge is 0.294 e. The minimum Gasteiger partial charge on any atom is -0.489 e. The molecule has 5 nitrogen and oxygen atoms in total. The van der Waals surface area contributed by atoms with Crippen LogP contribution in [0.1, 0.15) is 53.4 Å². The number of rotatable bonds is 10. The third-order valence-corrected chi connectivity index (χ3v) is 4.44. The first-order valence-corrected chi connectivity index (χ1v) is 9.92. The molecule has 1 heterocycles. The van der Waals surface area contributed by atoms with E-state index in [2.05, 4.69) is 38.8 Å². The molecule has 2 aromatic rings. The number of H-pyrrole nitrogens is 1. The Bertz CT molecular complexity index is 906. The number of anilines is 1. The van der Waals surface area contributed by atoms with E-state index in [-0.39, 0.29) is 11.3 Å². The fraction of sp³-hybridized carbons (Fsp3) is 0.435. The monoisotopic (exact) mass is 384 g/mol. The molecule has 0 atom stereocenters. The van der Waals surface area contributed by atoms with Crippen molar-refractivity contribution in [3.05, 3.63) is 51.9 Å². The number of benzene rings is 1. The second kappa shape index (κ2) is 10.6. The predicted octanol–water partition coefficient (Wildman–Crippen LogP) is 5.36. The van der Waals surface area contributed by atoms with Crippen LogP contribution in [0.2, 0.25) is 0 Å². The third-order valence-electron chi connectivity index (χ3n) is 4.44. The lowest BCUT2D eigenvalue weighted by Gasteiger charge is -2.14. The first-order chi connectivity index (χ1) is 13.4. The molecule has 0 aliphatic heterocycles. The van der Waals surface area contributed by atoms with Gasteiger partial charge in [-0.05, 0) is 64.3 Å². The Morgan fingerprint density at radius 3 is 2.64 bits per heavy atom.